The zero-order valence-electron chi connectivity index (χ0n) is 18.8. The van der Waals surface area contributed by atoms with Crippen LogP contribution < -0.4 is 14.4 Å². The molecule has 0 bridgehead atoms. The average Bonchev–Trinajstić information content (AvgIpc) is 3.24. The van der Waals surface area contributed by atoms with Crippen LogP contribution in [-0.4, -0.2) is 53.5 Å². The molecular weight excluding hydrogens is 463 g/mol. The van der Waals surface area contributed by atoms with E-state index in [0.29, 0.717) is 43.2 Å². The summed E-state index contributed by atoms with van der Waals surface area (Å²) >= 11 is 0. The highest BCUT2D eigenvalue weighted by molar-refractivity contribution is 5.95. The first-order valence-electron chi connectivity index (χ1n) is 10.7. The highest BCUT2D eigenvalue weighted by Gasteiger charge is 2.32. The van der Waals surface area contributed by atoms with Crippen molar-refractivity contribution in [2.24, 2.45) is 0 Å². The first kappa shape index (κ1) is 24.1. The predicted octanol–water partition coefficient (Wildman–Crippen LogP) is 3.56. The molecule has 182 valence electrons. The largest absolute Gasteiger partial charge is 0.573 e. The fraction of sp³-hybridized carbons (Fsp3) is 0.292. The van der Waals surface area contributed by atoms with Gasteiger partial charge in [-0.25, -0.2) is 4.98 Å². The molecule has 0 unspecified atom stereocenters. The van der Waals surface area contributed by atoms with Crippen LogP contribution in [0, 0.1) is 11.3 Å². The molecule has 35 heavy (non-hydrogen) atoms. The number of alkyl halides is 3. The van der Waals surface area contributed by atoms with E-state index in [9.17, 15) is 18.0 Å². The van der Waals surface area contributed by atoms with Gasteiger partial charge in [0.2, 0.25) is 5.91 Å². The lowest BCUT2D eigenvalue weighted by atomic mass is 10.1. The van der Waals surface area contributed by atoms with Gasteiger partial charge < -0.3 is 18.9 Å². The zero-order valence-corrected chi connectivity index (χ0v) is 18.8. The van der Waals surface area contributed by atoms with E-state index in [1.54, 1.807) is 24.4 Å². The predicted molar refractivity (Wildman–Crippen MR) is 120 cm³/mol. The van der Waals surface area contributed by atoms with Gasteiger partial charge in [0.15, 0.2) is 0 Å². The van der Waals surface area contributed by atoms with Crippen molar-refractivity contribution >= 4 is 11.6 Å². The highest BCUT2D eigenvalue weighted by Crippen LogP contribution is 2.28. The number of piperazine rings is 1. The molecule has 1 amide bonds. The van der Waals surface area contributed by atoms with Gasteiger partial charge in [-0.3, -0.25) is 9.69 Å². The molecule has 1 aliphatic rings. The Hall–Kier alpha value is -4.04. The number of amides is 1. The normalized spacial score (nSPS) is 14.6. The number of anilines is 1. The maximum Gasteiger partial charge on any atom is 0.573 e. The third kappa shape index (κ3) is 5.91. The van der Waals surface area contributed by atoms with Crippen LogP contribution in [0.5, 0.6) is 11.5 Å². The second-order valence-electron chi connectivity index (χ2n) is 7.92. The van der Waals surface area contributed by atoms with Crippen LogP contribution in [0.1, 0.15) is 17.0 Å². The molecule has 1 aliphatic heterocycles. The number of halogens is 3. The highest BCUT2D eigenvalue weighted by atomic mass is 19.4. The Labute approximate surface area is 199 Å². The fourth-order valence-electron chi connectivity index (χ4n) is 3.94. The number of aromatic nitrogens is 2. The number of rotatable bonds is 7. The molecule has 0 N–H and O–H groups in total. The van der Waals surface area contributed by atoms with Gasteiger partial charge >= 0.3 is 6.36 Å². The van der Waals surface area contributed by atoms with Crippen LogP contribution in [0.25, 0.3) is 0 Å². The van der Waals surface area contributed by atoms with Crippen LogP contribution >= 0.6 is 0 Å². The Morgan fingerprint density at radius 3 is 2.71 bits per heavy atom. The summed E-state index contributed by atoms with van der Waals surface area (Å²) in [5, 5.41) is 9.16. The van der Waals surface area contributed by atoms with Crippen LogP contribution in [0.2, 0.25) is 0 Å². The number of hydrogen-bond donors (Lipinski definition) is 0. The maximum absolute atomic E-state index is 12.8. The molecule has 0 saturated carbocycles. The Morgan fingerprint density at radius 2 is 2.00 bits per heavy atom. The summed E-state index contributed by atoms with van der Waals surface area (Å²) in [6.45, 7) is 1.38. The van der Waals surface area contributed by atoms with Crippen molar-refractivity contribution < 1.29 is 27.4 Å². The van der Waals surface area contributed by atoms with Crippen LogP contribution in [0.15, 0.2) is 54.9 Å². The minimum Gasteiger partial charge on any atom is -0.495 e. The Bertz CT molecular complexity index is 1250. The van der Waals surface area contributed by atoms with Gasteiger partial charge in [-0.1, -0.05) is 12.1 Å². The summed E-state index contributed by atoms with van der Waals surface area (Å²) in [5.41, 5.74) is 1.73. The molecule has 0 aliphatic carbocycles. The molecule has 0 radical (unpaired) electrons. The smallest absolute Gasteiger partial charge is 0.495 e. The van der Waals surface area contributed by atoms with Crippen molar-refractivity contribution in [1.82, 2.24) is 14.5 Å². The van der Waals surface area contributed by atoms with E-state index >= 15 is 0 Å². The summed E-state index contributed by atoms with van der Waals surface area (Å²) in [6, 6.07) is 12.8. The van der Waals surface area contributed by atoms with Crippen LogP contribution in [-0.2, 0) is 17.9 Å². The number of carbonyl (C=O) groups is 1. The van der Waals surface area contributed by atoms with Gasteiger partial charge in [-0.2, -0.15) is 5.26 Å². The molecule has 1 saturated heterocycles. The van der Waals surface area contributed by atoms with Crippen molar-refractivity contribution in [2.75, 3.05) is 31.6 Å². The van der Waals surface area contributed by atoms with Crippen molar-refractivity contribution in [3.63, 3.8) is 0 Å². The lowest BCUT2D eigenvalue weighted by Gasteiger charge is -2.34. The average molecular weight is 485 g/mol. The lowest BCUT2D eigenvalue weighted by Crippen LogP contribution is -2.50. The van der Waals surface area contributed by atoms with E-state index in [2.05, 4.69) is 15.8 Å². The first-order chi connectivity index (χ1) is 16.8. The molecule has 2 heterocycles. The number of imidazole rings is 1. The van der Waals surface area contributed by atoms with Crippen LogP contribution in [0.4, 0.5) is 18.9 Å². The summed E-state index contributed by atoms with van der Waals surface area (Å²) in [6.07, 6.45) is -0.785. The summed E-state index contributed by atoms with van der Waals surface area (Å²) in [5.74, 6) is 0.685. The maximum atomic E-state index is 12.8. The third-order valence-corrected chi connectivity index (χ3v) is 5.57. The van der Waals surface area contributed by atoms with Crippen molar-refractivity contribution in [3.8, 4) is 17.6 Å². The number of nitrogens with zero attached hydrogens (tertiary/aromatic N) is 5. The molecule has 11 heteroatoms. The topological polar surface area (TPSA) is 83.6 Å². The number of methoxy groups -OCH3 is 1. The first-order valence-corrected chi connectivity index (χ1v) is 10.7. The van der Waals surface area contributed by atoms with Crippen LogP contribution in [0.3, 0.4) is 0 Å². The molecule has 0 spiro atoms. The fourth-order valence-corrected chi connectivity index (χ4v) is 3.94. The Morgan fingerprint density at radius 1 is 1.17 bits per heavy atom. The number of hydrogen-bond acceptors (Lipinski definition) is 6. The monoisotopic (exact) mass is 485 g/mol. The molecule has 1 fully saturated rings. The number of benzene rings is 2. The van der Waals surface area contributed by atoms with E-state index in [1.807, 2.05) is 21.7 Å². The van der Waals surface area contributed by atoms with Crippen molar-refractivity contribution in [1.29, 1.82) is 5.26 Å². The van der Waals surface area contributed by atoms with Gasteiger partial charge in [0.25, 0.3) is 0 Å². The summed E-state index contributed by atoms with van der Waals surface area (Å²) < 4.78 is 48.8. The van der Waals surface area contributed by atoms with Crippen molar-refractivity contribution in [2.45, 2.75) is 19.5 Å². The zero-order chi connectivity index (χ0) is 25.0. The SMILES string of the molecule is COc1cc(Cc2nccn2CN2CCN(c3cccc(OC(F)(F)F)c3)C(=O)C2)ccc1C#N. The van der Waals surface area contributed by atoms with Gasteiger partial charge in [0.1, 0.15) is 23.4 Å². The molecule has 2 aromatic carbocycles. The molecule has 0 atom stereocenters. The second-order valence-corrected chi connectivity index (χ2v) is 7.92. The van der Waals surface area contributed by atoms with Gasteiger partial charge in [0.05, 0.1) is 25.9 Å². The number of carbonyl (C=O) groups excluding carboxylic acids is 1. The number of ether oxygens (including phenoxy) is 2. The van der Waals surface area contributed by atoms with Crippen molar-refractivity contribution in [3.05, 3.63) is 71.8 Å². The third-order valence-electron chi connectivity index (χ3n) is 5.57. The van der Waals surface area contributed by atoms with Gasteiger partial charge in [-0.05, 0) is 29.8 Å². The molecule has 4 rings (SSSR count). The Balaban J connectivity index is 1.40. The minimum atomic E-state index is -4.80. The quantitative estimate of drug-likeness (QED) is 0.509. The molecule has 8 nitrogen and oxygen atoms in total. The second kappa shape index (κ2) is 10.1. The Kier molecular flexibility index (Phi) is 6.93. The minimum absolute atomic E-state index is 0.104. The summed E-state index contributed by atoms with van der Waals surface area (Å²) in [7, 11) is 1.51. The summed E-state index contributed by atoms with van der Waals surface area (Å²) in [4.78, 5) is 20.6. The standard InChI is InChI=1S/C24H22F3N5O3/c1-34-21-11-17(5-6-18(21)14-28)12-22-29-7-8-31(22)16-30-9-10-32(23(33)15-30)19-3-2-4-20(13-19)35-24(25,26)27/h2-8,11,13H,9-10,12,15-16H2,1H3. The lowest BCUT2D eigenvalue weighted by molar-refractivity contribution is -0.274. The van der Waals surface area contributed by atoms with E-state index < -0.39 is 6.36 Å². The molecule has 3 aromatic rings. The van der Waals surface area contributed by atoms with E-state index in [-0.39, 0.29) is 18.2 Å². The number of nitriles is 1. The van der Waals surface area contributed by atoms with Gasteiger partial charge in [-0.15, -0.1) is 13.2 Å². The van der Waals surface area contributed by atoms with Gasteiger partial charge in [0, 0.05) is 43.7 Å². The van der Waals surface area contributed by atoms with E-state index in [0.717, 1.165) is 11.4 Å². The van der Waals surface area contributed by atoms with E-state index in [4.69, 9.17) is 10.00 Å². The molecular formula is C24H22F3N5O3. The molecule has 1 aromatic heterocycles. The van der Waals surface area contributed by atoms with E-state index in [1.165, 1.54) is 30.2 Å².